The van der Waals surface area contributed by atoms with Crippen molar-refractivity contribution in [1.29, 1.82) is 0 Å². The van der Waals surface area contributed by atoms with Crippen molar-refractivity contribution in [3.8, 4) is 72.4 Å². The molecule has 2 heteroatoms. The fourth-order valence-corrected chi connectivity index (χ4v) is 13.0. The highest BCUT2D eigenvalue weighted by Crippen LogP contribution is 2.65. The van der Waals surface area contributed by atoms with Crippen LogP contribution in [0.3, 0.4) is 0 Å². The van der Waals surface area contributed by atoms with Crippen molar-refractivity contribution in [3.63, 3.8) is 0 Å². The smallest absolute Gasteiger partial charge is 0.0726 e. The average molecular weight is 953 g/mol. The molecule has 0 saturated heterocycles. The molecule has 1 aromatic heterocycles. The zero-order valence-electron chi connectivity index (χ0n) is 41.1. The second-order valence-electron chi connectivity index (χ2n) is 19.9. The molecule has 1 spiro atoms. The maximum absolute atomic E-state index is 2.56. The van der Waals surface area contributed by atoms with E-state index >= 15 is 0 Å². The van der Waals surface area contributed by atoms with Gasteiger partial charge in [-0.2, -0.15) is 0 Å². The molecule has 0 amide bonds. The normalized spacial score (nSPS) is 12.6. The molecule has 1 heterocycles. The highest BCUT2D eigenvalue weighted by atomic mass is 15.1. The number of rotatable bonds is 8. The van der Waals surface area contributed by atoms with Crippen LogP contribution in [0.15, 0.2) is 291 Å². The summed E-state index contributed by atoms with van der Waals surface area (Å²) in [5.74, 6) is 0. The van der Waals surface area contributed by atoms with E-state index in [4.69, 9.17) is 0 Å². The summed E-state index contributed by atoms with van der Waals surface area (Å²) in [7, 11) is 0. The first kappa shape index (κ1) is 42.9. The topological polar surface area (TPSA) is 8.17 Å². The van der Waals surface area contributed by atoms with Crippen molar-refractivity contribution in [2.24, 2.45) is 0 Å². The third kappa shape index (κ3) is 6.46. The highest BCUT2D eigenvalue weighted by molar-refractivity contribution is 6.10. The Morgan fingerprint density at radius 1 is 0.253 bits per heavy atom. The lowest BCUT2D eigenvalue weighted by Gasteiger charge is -2.33. The van der Waals surface area contributed by atoms with Gasteiger partial charge in [-0.3, -0.25) is 0 Å². The van der Waals surface area contributed by atoms with Gasteiger partial charge in [-0.1, -0.05) is 243 Å². The average Bonchev–Trinajstić information content (AvgIpc) is 4.31. The zero-order chi connectivity index (χ0) is 49.5. The quantitative estimate of drug-likeness (QED) is 0.147. The van der Waals surface area contributed by atoms with Crippen LogP contribution >= 0.6 is 0 Å². The Morgan fingerprint density at radius 3 is 1.27 bits per heavy atom. The summed E-state index contributed by atoms with van der Waals surface area (Å²) in [6.45, 7) is 0. The maximum atomic E-state index is 2.56. The van der Waals surface area contributed by atoms with Crippen LogP contribution in [0, 0.1) is 0 Å². The Bertz CT molecular complexity index is 4240. The molecule has 0 fully saturated rings. The molecule has 2 aliphatic carbocycles. The van der Waals surface area contributed by atoms with E-state index in [2.05, 4.69) is 301 Å². The summed E-state index contributed by atoms with van der Waals surface area (Å²) in [6.07, 6.45) is 0. The molecule has 75 heavy (non-hydrogen) atoms. The minimum atomic E-state index is -0.495. The van der Waals surface area contributed by atoms with Crippen LogP contribution in [0.25, 0.3) is 94.3 Å². The molecule has 12 aromatic carbocycles. The van der Waals surface area contributed by atoms with Crippen LogP contribution in [-0.4, -0.2) is 4.57 Å². The van der Waals surface area contributed by atoms with Crippen LogP contribution in [0.2, 0.25) is 0 Å². The fourth-order valence-electron chi connectivity index (χ4n) is 13.0. The molecule has 0 saturated carbocycles. The Labute approximate surface area is 437 Å². The standard InChI is InChI=1S/C73H48N2/c1-3-21-51(22-4-1)55-25-7-8-30-61(55)71-56(52-23-5-2-6-24-52)32-19-39-69(71)75(54-47-43-50(44-48-54)49-41-45-53(46-42-49)74-67-37-17-12-28-59(67)60-29-13-18-38-68(60)74)70-40-20-36-66-72(70)62-31-11-16-35-65(62)73(66)63-33-14-9-26-57(63)58-27-10-15-34-64(58)73/h1-48H. The first-order chi connectivity index (χ1) is 37.3. The second-order valence-corrected chi connectivity index (χ2v) is 19.9. The molecule has 2 nitrogen and oxygen atoms in total. The van der Waals surface area contributed by atoms with Crippen molar-refractivity contribution in [2.45, 2.75) is 5.41 Å². The molecule has 13 aromatic rings. The van der Waals surface area contributed by atoms with Gasteiger partial charge in [0.1, 0.15) is 0 Å². The van der Waals surface area contributed by atoms with Gasteiger partial charge >= 0.3 is 0 Å². The van der Waals surface area contributed by atoms with Crippen LogP contribution < -0.4 is 4.90 Å². The van der Waals surface area contributed by atoms with E-state index in [1.807, 2.05) is 0 Å². The molecule has 0 aliphatic heterocycles. The molecule has 350 valence electrons. The van der Waals surface area contributed by atoms with Crippen LogP contribution in [-0.2, 0) is 5.41 Å². The van der Waals surface area contributed by atoms with Crippen molar-refractivity contribution in [2.75, 3.05) is 4.90 Å². The number of aromatic nitrogens is 1. The van der Waals surface area contributed by atoms with E-state index in [9.17, 15) is 0 Å². The molecule has 2 aliphatic rings. The minimum Gasteiger partial charge on any atom is -0.309 e. The second kappa shape index (κ2) is 17.2. The zero-order valence-corrected chi connectivity index (χ0v) is 41.1. The van der Waals surface area contributed by atoms with E-state index < -0.39 is 5.41 Å². The Morgan fingerprint density at radius 2 is 0.667 bits per heavy atom. The van der Waals surface area contributed by atoms with Crippen LogP contribution in [0.1, 0.15) is 22.3 Å². The number of nitrogens with zero attached hydrogens (tertiary/aromatic N) is 2. The van der Waals surface area contributed by atoms with E-state index in [1.54, 1.807) is 0 Å². The van der Waals surface area contributed by atoms with E-state index in [1.165, 1.54) is 99.7 Å². The van der Waals surface area contributed by atoms with Crippen molar-refractivity contribution in [1.82, 2.24) is 4.57 Å². The Hall–Kier alpha value is -9.76. The van der Waals surface area contributed by atoms with Crippen molar-refractivity contribution in [3.05, 3.63) is 313 Å². The Balaban J connectivity index is 0.963. The first-order valence-electron chi connectivity index (χ1n) is 26.0. The molecule has 0 N–H and O–H groups in total. The summed E-state index contributed by atoms with van der Waals surface area (Å²) in [6, 6.07) is 108. The largest absolute Gasteiger partial charge is 0.309 e. The van der Waals surface area contributed by atoms with Gasteiger partial charge in [0.25, 0.3) is 0 Å². The van der Waals surface area contributed by atoms with E-state index in [-0.39, 0.29) is 0 Å². The first-order valence-corrected chi connectivity index (χ1v) is 26.0. The third-order valence-corrected chi connectivity index (χ3v) is 16.1. The molecular formula is C73H48N2. The SMILES string of the molecule is c1ccc(-c2ccccc2-c2c(-c3ccccc3)cccc2N(c2ccc(-c3ccc(-n4c5ccccc5c5ccccc54)cc3)cc2)c2cccc3c2-c2ccccc2C32c3ccccc3-c3ccccc32)cc1. The number of hydrogen-bond acceptors (Lipinski definition) is 1. The number of para-hydroxylation sites is 2. The van der Waals surface area contributed by atoms with Gasteiger partial charge in [-0.25, -0.2) is 0 Å². The molecule has 0 atom stereocenters. The van der Waals surface area contributed by atoms with E-state index in [0.29, 0.717) is 0 Å². The molecule has 0 bridgehead atoms. The summed E-state index contributed by atoms with van der Waals surface area (Å²) in [4.78, 5) is 2.56. The molecule has 0 unspecified atom stereocenters. The summed E-state index contributed by atoms with van der Waals surface area (Å²) >= 11 is 0. The van der Waals surface area contributed by atoms with Gasteiger partial charge in [0.15, 0.2) is 0 Å². The lowest BCUT2D eigenvalue weighted by Crippen LogP contribution is -2.26. The number of fused-ring (bicyclic) bond motifs is 13. The predicted octanol–water partition coefficient (Wildman–Crippen LogP) is 19.3. The number of benzene rings is 12. The third-order valence-electron chi connectivity index (χ3n) is 16.1. The lowest BCUT2D eigenvalue weighted by atomic mass is 9.70. The Kier molecular flexibility index (Phi) is 9.83. The molecule has 15 rings (SSSR count). The summed E-state index contributed by atoms with van der Waals surface area (Å²) < 4.78 is 2.38. The van der Waals surface area contributed by atoms with Gasteiger partial charge in [0, 0.05) is 33.3 Å². The summed E-state index contributed by atoms with van der Waals surface area (Å²) in [5.41, 5.74) is 26.1. The maximum Gasteiger partial charge on any atom is 0.0726 e. The van der Waals surface area contributed by atoms with Crippen molar-refractivity contribution < 1.29 is 0 Å². The van der Waals surface area contributed by atoms with Crippen LogP contribution in [0.5, 0.6) is 0 Å². The van der Waals surface area contributed by atoms with Crippen LogP contribution in [0.4, 0.5) is 17.1 Å². The van der Waals surface area contributed by atoms with Gasteiger partial charge in [-0.05, 0) is 126 Å². The number of anilines is 3. The molecular weight excluding hydrogens is 905 g/mol. The highest BCUT2D eigenvalue weighted by Gasteiger charge is 2.52. The van der Waals surface area contributed by atoms with Gasteiger partial charge in [0.2, 0.25) is 0 Å². The number of hydrogen-bond donors (Lipinski definition) is 0. The fraction of sp³-hybridized carbons (Fsp3) is 0.0137. The summed E-state index contributed by atoms with van der Waals surface area (Å²) in [5, 5.41) is 2.53. The van der Waals surface area contributed by atoms with Crippen molar-refractivity contribution >= 4 is 38.9 Å². The predicted molar refractivity (Wildman–Crippen MR) is 314 cm³/mol. The lowest BCUT2D eigenvalue weighted by molar-refractivity contribution is 0.794. The van der Waals surface area contributed by atoms with E-state index in [0.717, 1.165) is 33.9 Å². The van der Waals surface area contributed by atoms with Gasteiger partial charge in [0.05, 0.1) is 27.8 Å². The minimum absolute atomic E-state index is 0.495. The molecule has 0 radical (unpaired) electrons. The monoisotopic (exact) mass is 952 g/mol. The van der Waals surface area contributed by atoms with Gasteiger partial charge < -0.3 is 9.47 Å². The van der Waals surface area contributed by atoms with Gasteiger partial charge in [-0.15, -0.1) is 0 Å².